The van der Waals surface area contributed by atoms with Gasteiger partial charge in [0.1, 0.15) is 11.6 Å². The monoisotopic (exact) mass is 444 g/mol. The maximum Gasteiger partial charge on any atom is 0.132 e. The van der Waals surface area contributed by atoms with E-state index in [9.17, 15) is 0 Å². The molecular weight excluding hydrogens is 412 g/mol. The Bertz CT molecular complexity index is 1150. The first-order chi connectivity index (χ1) is 15.9. The van der Waals surface area contributed by atoms with Gasteiger partial charge in [0, 0.05) is 42.3 Å². The van der Waals surface area contributed by atoms with E-state index in [1.807, 2.05) is 49.5 Å². The van der Waals surface area contributed by atoms with Crippen molar-refractivity contribution in [2.45, 2.75) is 26.7 Å². The van der Waals surface area contributed by atoms with Crippen molar-refractivity contribution >= 4 is 22.6 Å². The molecule has 8 nitrogen and oxygen atoms in total. The van der Waals surface area contributed by atoms with Gasteiger partial charge < -0.3 is 27.5 Å². The van der Waals surface area contributed by atoms with Crippen LogP contribution in [0.4, 0.5) is 5.82 Å². The Hall–Kier alpha value is -3.78. The number of rotatable bonds is 10. The zero-order valence-corrected chi connectivity index (χ0v) is 19.3. The molecular formula is C25H32N8. The second-order valence-corrected chi connectivity index (χ2v) is 8.07. The number of allylic oxidation sites excluding steroid dienone is 2. The van der Waals surface area contributed by atoms with Gasteiger partial charge in [-0.2, -0.15) is 0 Å². The minimum absolute atomic E-state index is 0.183. The summed E-state index contributed by atoms with van der Waals surface area (Å²) in [6, 6.07) is 9.47. The van der Waals surface area contributed by atoms with Crippen molar-refractivity contribution in [2.75, 3.05) is 18.4 Å². The third-order valence-corrected chi connectivity index (χ3v) is 5.33. The summed E-state index contributed by atoms with van der Waals surface area (Å²) >= 11 is 0. The van der Waals surface area contributed by atoms with Crippen molar-refractivity contribution in [3.8, 4) is 0 Å². The van der Waals surface area contributed by atoms with Gasteiger partial charge in [0.2, 0.25) is 0 Å². The molecule has 172 valence electrons. The van der Waals surface area contributed by atoms with Gasteiger partial charge in [-0.25, -0.2) is 4.98 Å². The van der Waals surface area contributed by atoms with Gasteiger partial charge in [-0.15, -0.1) is 0 Å². The van der Waals surface area contributed by atoms with E-state index in [0.29, 0.717) is 23.9 Å². The minimum Gasteiger partial charge on any atom is -0.404 e. The van der Waals surface area contributed by atoms with E-state index in [1.54, 1.807) is 18.6 Å². The zero-order chi connectivity index (χ0) is 23.8. The van der Waals surface area contributed by atoms with Crippen molar-refractivity contribution in [3.63, 3.8) is 0 Å². The van der Waals surface area contributed by atoms with Crippen LogP contribution in [0.15, 0.2) is 72.6 Å². The minimum atomic E-state index is -0.183. The quantitative estimate of drug-likeness (QED) is 0.238. The first-order valence-electron chi connectivity index (χ1n) is 11.0. The first kappa shape index (κ1) is 23.9. The lowest BCUT2D eigenvalue weighted by Gasteiger charge is -2.19. The van der Waals surface area contributed by atoms with Crippen LogP contribution in [0.5, 0.6) is 0 Å². The SMILES string of the molecule is CCNCC(C(=N)c1cccnc1)c1cnc2ccc(N/C(N)=C/C(=C\N)C(C)C)nc2c1. The van der Waals surface area contributed by atoms with Gasteiger partial charge in [-0.1, -0.05) is 26.8 Å². The lowest BCUT2D eigenvalue weighted by atomic mass is 9.91. The first-order valence-corrected chi connectivity index (χ1v) is 11.0. The molecule has 3 aromatic heterocycles. The van der Waals surface area contributed by atoms with Crippen LogP contribution in [0.2, 0.25) is 0 Å². The molecule has 0 radical (unpaired) electrons. The molecule has 1 unspecified atom stereocenters. The molecule has 3 aromatic rings. The summed E-state index contributed by atoms with van der Waals surface area (Å²) in [5, 5.41) is 15.3. The second-order valence-electron chi connectivity index (χ2n) is 8.07. The van der Waals surface area contributed by atoms with E-state index in [-0.39, 0.29) is 11.8 Å². The number of anilines is 1. The van der Waals surface area contributed by atoms with Crippen LogP contribution in [-0.4, -0.2) is 33.8 Å². The molecule has 0 bridgehead atoms. The fraction of sp³-hybridized carbons (Fsp3) is 0.280. The van der Waals surface area contributed by atoms with Crippen LogP contribution < -0.4 is 22.1 Å². The van der Waals surface area contributed by atoms with Gasteiger partial charge in [-0.3, -0.25) is 9.97 Å². The smallest absolute Gasteiger partial charge is 0.132 e. The highest BCUT2D eigenvalue weighted by Crippen LogP contribution is 2.24. The fourth-order valence-corrected chi connectivity index (χ4v) is 3.45. The molecule has 0 saturated heterocycles. The normalized spacial score (nSPS) is 13.3. The highest BCUT2D eigenvalue weighted by molar-refractivity contribution is 6.03. The standard InChI is InChI=1S/C25H32N8/c1-4-29-15-20(25(28)17-6-5-9-30-13-17)19-10-22-21(31-14-19)7-8-24(32-22)33-23(27)11-18(12-26)16(2)3/h5-14,16,20,28-29H,4,15,26-27H2,1-3H3,(H,32,33)/b18-12+,23-11+,28-25?. The van der Waals surface area contributed by atoms with Crippen molar-refractivity contribution < 1.29 is 0 Å². The molecule has 0 saturated carbocycles. The van der Waals surface area contributed by atoms with E-state index in [1.165, 1.54) is 0 Å². The molecule has 3 rings (SSSR count). The van der Waals surface area contributed by atoms with E-state index in [0.717, 1.165) is 34.3 Å². The van der Waals surface area contributed by atoms with Crippen LogP contribution in [-0.2, 0) is 0 Å². The maximum atomic E-state index is 8.78. The molecule has 0 aliphatic rings. The Labute approximate surface area is 194 Å². The Morgan fingerprint density at radius 3 is 2.67 bits per heavy atom. The molecule has 0 aromatic carbocycles. The molecule has 0 amide bonds. The van der Waals surface area contributed by atoms with Gasteiger partial charge in [0.05, 0.1) is 11.0 Å². The fourth-order valence-electron chi connectivity index (χ4n) is 3.45. The number of nitrogens with zero attached hydrogens (tertiary/aromatic N) is 3. The molecule has 0 fully saturated rings. The van der Waals surface area contributed by atoms with Gasteiger partial charge in [0.15, 0.2) is 0 Å². The average molecular weight is 445 g/mol. The molecule has 3 heterocycles. The Morgan fingerprint density at radius 1 is 1.18 bits per heavy atom. The number of pyridine rings is 3. The Morgan fingerprint density at radius 2 is 2.00 bits per heavy atom. The number of fused-ring (bicyclic) bond motifs is 1. The highest BCUT2D eigenvalue weighted by atomic mass is 15.1. The zero-order valence-electron chi connectivity index (χ0n) is 19.3. The molecule has 7 N–H and O–H groups in total. The molecule has 0 aliphatic heterocycles. The van der Waals surface area contributed by atoms with E-state index < -0.39 is 0 Å². The topological polar surface area (TPSA) is 139 Å². The number of likely N-dealkylation sites (N-methyl/N-ethyl adjacent to an activating group) is 1. The summed E-state index contributed by atoms with van der Waals surface area (Å²) in [5.74, 6) is 1.15. The molecule has 8 heteroatoms. The predicted octanol–water partition coefficient (Wildman–Crippen LogP) is 3.50. The molecule has 0 spiro atoms. The summed E-state index contributed by atoms with van der Waals surface area (Å²) in [6.07, 6.45) is 8.61. The largest absolute Gasteiger partial charge is 0.404 e. The van der Waals surface area contributed by atoms with Crippen molar-refractivity contribution in [1.82, 2.24) is 20.3 Å². The van der Waals surface area contributed by atoms with Gasteiger partial charge >= 0.3 is 0 Å². The summed E-state index contributed by atoms with van der Waals surface area (Å²) in [6.45, 7) is 7.58. The third kappa shape index (κ3) is 6.14. The number of hydrogen-bond donors (Lipinski definition) is 5. The van der Waals surface area contributed by atoms with Crippen LogP contribution >= 0.6 is 0 Å². The maximum absolute atomic E-state index is 8.78. The summed E-state index contributed by atoms with van der Waals surface area (Å²) in [4.78, 5) is 13.5. The number of nitrogens with two attached hydrogens (primary N) is 2. The predicted molar refractivity (Wildman–Crippen MR) is 135 cm³/mol. The Balaban J connectivity index is 1.92. The highest BCUT2D eigenvalue weighted by Gasteiger charge is 2.20. The summed E-state index contributed by atoms with van der Waals surface area (Å²) < 4.78 is 0. The second kappa shape index (κ2) is 11.2. The van der Waals surface area contributed by atoms with E-state index in [2.05, 4.69) is 34.4 Å². The lowest BCUT2D eigenvalue weighted by molar-refractivity contribution is 0.685. The van der Waals surface area contributed by atoms with Crippen LogP contribution in [0.1, 0.15) is 37.8 Å². The average Bonchev–Trinajstić information content (AvgIpc) is 2.82. The summed E-state index contributed by atoms with van der Waals surface area (Å²) in [5.41, 5.74) is 16.5. The number of hydrogen-bond acceptors (Lipinski definition) is 8. The summed E-state index contributed by atoms with van der Waals surface area (Å²) in [7, 11) is 0. The number of nitrogens with one attached hydrogen (secondary N) is 3. The van der Waals surface area contributed by atoms with E-state index >= 15 is 0 Å². The lowest BCUT2D eigenvalue weighted by Crippen LogP contribution is -2.27. The van der Waals surface area contributed by atoms with Crippen LogP contribution in [0, 0.1) is 11.3 Å². The third-order valence-electron chi connectivity index (χ3n) is 5.33. The van der Waals surface area contributed by atoms with Crippen molar-refractivity contribution in [3.05, 3.63) is 83.7 Å². The van der Waals surface area contributed by atoms with Crippen LogP contribution in [0.3, 0.4) is 0 Å². The Kier molecular flexibility index (Phi) is 8.10. The van der Waals surface area contributed by atoms with Gasteiger partial charge in [0.25, 0.3) is 0 Å². The molecule has 1 atom stereocenters. The van der Waals surface area contributed by atoms with Crippen molar-refractivity contribution in [2.24, 2.45) is 17.4 Å². The van der Waals surface area contributed by atoms with Crippen molar-refractivity contribution in [1.29, 1.82) is 5.41 Å². The molecule has 33 heavy (non-hydrogen) atoms. The van der Waals surface area contributed by atoms with E-state index in [4.69, 9.17) is 21.9 Å². The van der Waals surface area contributed by atoms with Gasteiger partial charge in [-0.05, 0) is 60.1 Å². The number of aromatic nitrogens is 3. The molecule has 0 aliphatic carbocycles. The van der Waals surface area contributed by atoms with Crippen LogP contribution in [0.25, 0.3) is 11.0 Å².